The zero-order valence-corrected chi connectivity index (χ0v) is 13.8. The molecule has 0 atom stereocenters. The molecule has 0 spiro atoms. The van der Waals surface area contributed by atoms with Crippen molar-refractivity contribution in [2.24, 2.45) is 0 Å². The van der Waals surface area contributed by atoms with Gasteiger partial charge < -0.3 is 15.5 Å². The van der Waals surface area contributed by atoms with Crippen molar-refractivity contribution in [2.75, 3.05) is 39.3 Å². The molecule has 1 aromatic carbocycles. The summed E-state index contributed by atoms with van der Waals surface area (Å²) in [5, 5.41) is 6.29. The fourth-order valence-corrected chi connectivity index (χ4v) is 3.08. The third-order valence-corrected chi connectivity index (χ3v) is 4.21. The molecule has 110 valence electrons. The lowest BCUT2D eigenvalue weighted by Gasteiger charge is -2.27. The molecule has 6 heteroatoms. The molecule has 4 nitrogen and oxygen atoms in total. The van der Waals surface area contributed by atoms with Crippen LogP contribution in [0.15, 0.2) is 27.6 Å². The van der Waals surface area contributed by atoms with Crippen LogP contribution in [0.2, 0.25) is 0 Å². The SMILES string of the molecule is O=C(NCCCN1CCNCC1)c1ccc(Br)cc1S. The van der Waals surface area contributed by atoms with Crippen molar-refractivity contribution in [3.63, 3.8) is 0 Å². The maximum atomic E-state index is 12.0. The number of piperazine rings is 1. The Morgan fingerprint density at radius 3 is 2.85 bits per heavy atom. The summed E-state index contributed by atoms with van der Waals surface area (Å²) >= 11 is 7.69. The van der Waals surface area contributed by atoms with E-state index in [1.807, 2.05) is 12.1 Å². The van der Waals surface area contributed by atoms with Crippen molar-refractivity contribution in [3.05, 3.63) is 28.2 Å². The number of nitrogens with zero attached hydrogens (tertiary/aromatic N) is 1. The number of thiol groups is 1. The van der Waals surface area contributed by atoms with Gasteiger partial charge in [-0.05, 0) is 31.2 Å². The van der Waals surface area contributed by atoms with Gasteiger partial charge in [-0.25, -0.2) is 0 Å². The van der Waals surface area contributed by atoms with Crippen molar-refractivity contribution in [3.8, 4) is 0 Å². The summed E-state index contributed by atoms with van der Waals surface area (Å²) in [6.07, 6.45) is 0.976. The minimum Gasteiger partial charge on any atom is -0.352 e. The second kappa shape index (κ2) is 8.02. The highest BCUT2D eigenvalue weighted by molar-refractivity contribution is 9.10. The molecule has 1 aromatic rings. The van der Waals surface area contributed by atoms with Crippen molar-refractivity contribution >= 4 is 34.5 Å². The van der Waals surface area contributed by atoms with Gasteiger partial charge >= 0.3 is 0 Å². The number of carbonyl (C=O) groups is 1. The predicted octanol–water partition coefficient (Wildman–Crippen LogP) is 1.76. The summed E-state index contributed by atoms with van der Waals surface area (Å²) in [5.41, 5.74) is 0.624. The minimum atomic E-state index is -0.0530. The highest BCUT2D eigenvalue weighted by Gasteiger charge is 2.11. The lowest BCUT2D eigenvalue weighted by atomic mass is 10.2. The van der Waals surface area contributed by atoms with Gasteiger partial charge in [-0.1, -0.05) is 15.9 Å². The van der Waals surface area contributed by atoms with E-state index in [4.69, 9.17) is 0 Å². The molecule has 1 fully saturated rings. The summed E-state index contributed by atoms with van der Waals surface area (Å²) in [5.74, 6) is -0.0530. The predicted molar refractivity (Wildman–Crippen MR) is 87.7 cm³/mol. The summed E-state index contributed by atoms with van der Waals surface area (Å²) in [7, 11) is 0. The number of carbonyl (C=O) groups excluding carboxylic acids is 1. The Morgan fingerprint density at radius 1 is 1.40 bits per heavy atom. The molecular weight excluding hydrogens is 338 g/mol. The molecule has 2 rings (SSSR count). The van der Waals surface area contributed by atoms with Crippen molar-refractivity contribution < 1.29 is 4.79 Å². The normalized spacial score (nSPS) is 16.1. The van der Waals surface area contributed by atoms with Gasteiger partial charge in [0, 0.05) is 42.1 Å². The summed E-state index contributed by atoms with van der Waals surface area (Å²) in [4.78, 5) is 15.1. The second-order valence-corrected chi connectivity index (χ2v) is 6.26. The van der Waals surface area contributed by atoms with Crippen molar-refractivity contribution in [2.45, 2.75) is 11.3 Å². The molecule has 1 amide bonds. The average molecular weight is 358 g/mol. The van der Waals surface area contributed by atoms with Crippen LogP contribution >= 0.6 is 28.6 Å². The van der Waals surface area contributed by atoms with Gasteiger partial charge in [-0.2, -0.15) is 0 Å². The molecule has 1 saturated heterocycles. The number of nitrogens with one attached hydrogen (secondary N) is 2. The second-order valence-electron chi connectivity index (χ2n) is 4.86. The fourth-order valence-electron chi connectivity index (χ4n) is 2.23. The number of rotatable bonds is 5. The van der Waals surface area contributed by atoms with E-state index in [0.29, 0.717) is 17.0 Å². The van der Waals surface area contributed by atoms with Crippen LogP contribution in [-0.2, 0) is 0 Å². The third kappa shape index (κ3) is 4.77. The van der Waals surface area contributed by atoms with E-state index in [9.17, 15) is 4.79 Å². The minimum absolute atomic E-state index is 0.0530. The smallest absolute Gasteiger partial charge is 0.252 e. The van der Waals surface area contributed by atoms with Crippen molar-refractivity contribution in [1.29, 1.82) is 0 Å². The molecule has 0 bridgehead atoms. The molecule has 1 aliphatic rings. The van der Waals surface area contributed by atoms with E-state index in [1.165, 1.54) is 0 Å². The third-order valence-electron chi connectivity index (χ3n) is 3.35. The Labute approximate surface area is 133 Å². The van der Waals surface area contributed by atoms with Gasteiger partial charge in [0.25, 0.3) is 5.91 Å². The Kier molecular flexibility index (Phi) is 6.35. The topological polar surface area (TPSA) is 44.4 Å². The molecule has 1 heterocycles. The molecule has 0 aromatic heterocycles. The van der Waals surface area contributed by atoms with Gasteiger partial charge in [-0.3, -0.25) is 4.79 Å². The van der Waals surface area contributed by atoms with E-state index in [1.54, 1.807) is 6.07 Å². The van der Waals surface area contributed by atoms with E-state index >= 15 is 0 Å². The van der Waals surface area contributed by atoms with Crippen LogP contribution in [0, 0.1) is 0 Å². The van der Waals surface area contributed by atoms with Crippen LogP contribution < -0.4 is 10.6 Å². The Hall–Kier alpha value is -0.560. The lowest BCUT2D eigenvalue weighted by molar-refractivity contribution is 0.0948. The molecule has 0 radical (unpaired) electrons. The standard InChI is InChI=1S/C14H20BrN3OS/c15-11-2-3-12(13(20)10-11)14(19)17-4-1-7-18-8-5-16-6-9-18/h2-3,10,16,20H,1,4-9H2,(H,17,19). The summed E-state index contributed by atoms with van der Waals surface area (Å²) in [6, 6.07) is 5.48. The van der Waals surface area contributed by atoms with E-state index in [2.05, 4.69) is 44.1 Å². The van der Waals surface area contributed by atoms with E-state index < -0.39 is 0 Å². The Balaban J connectivity index is 1.72. The van der Waals surface area contributed by atoms with Crippen LogP contribution in [0.25, 0.3) is 0 Å². The number of halogens is 1. The molecule has 20 heavy (non-hydrogen) atoms. The molecule has 1 aliphatic heterocycles. The van der Waals surface area contributed by atoms with E-state index in [-0.39, 0.29) is 5.91 Å². The maximum Gasteiger partial charge on any atom is 0.252 e. The van der Waals surface area contributed by atoms with E-state index in [0.717, 1.165) is 43.6 Å². The lowest BCUT2D eigenvalue weighted by Crippen LogP contribution is -2.44. The first kappa shape index (κ1) is 15.8. The Morgan fingerprint density at radius 2 is 2.15 bits per heavy atom. The first-order valence-corrected chi connectivity index (χ1v) is 8.10. The fraction of sp³-hybridized carbons (Fsp3) is 0.500. The first-order valence-electron chi connectivity index (χ1n) is 6.86. The van der Waals surface area contributed by atoms with Crippen molar-refractivity contribution in [1.82, 2.24) is 15.5 Å². The van der Waals surface area contributed by atoms with Gasteiger partial charge in [-0.15, -0.1) is 12.6 Å². The molecule has 0 saturated carbocycles. The first-order chi connectivity index (χ1) is 9.66. The monoisotopic (exact) mass is 357 g/mol. The average Bonchev–Trinajstić information content (AvgIpc) is 2.44. The van der Waals surface area contributed by atoms with Crippen LogP contribution in [0.3, 0.4) is 0 Å². The number of hydrogen-bond acceptors (Lipinski definition) is 4. The molecular formula is C14H20BrN3OS. The highest BCUT2D eigenvalue weighted by atomic mass is 79.9. The molecule has 0 aliphatic carbocycles. The van der Waals surface area contributed by atoms with Gasteiger partial charge in [0.1, 0.15) is 0 Å². The van der Waals surface area contributed by atoms with Gasteiger partial charge in [0.05, 0.1) is 5.56 Å². The zero-order chi connectivity index (χ0) is 14.4. The number of hydrogen-bond donors (Lipinski definition) is 3. The summed E-state index contributed by atoms with van der Waals surface area (Å²) in [6.45, 7) is 6.06. The summed E-state index contributed by atoms with van der Waals surface area (Å²) < 4.78 is 0.928. The molecule has 2 N–H and O–H groups in total. The molecule has 0 unspecified atom stereocenters. The van der Waals surface area contributed by atoms with Crippen LogP contribution in [0.1, 0.15) is 16.8 Å². The van der Waals surface area contributed by atoms with Crippen LogP contribution in [-0.4, -0.2) is 50.1 Å². The van der Waals surface area contributed by atoms with Gasteiger partial charge in [0.2, 0.25) is 0 Å². The highest BCUT2D eigenvalue weighted by Crippen LogP contribution is 2.19. The van der Waals surface area contributed by atoms with Gasteiger partial charge in [0.15, 0.2) is 0 Å². The number of benzene rings is 1. The zero-order valence-electron chi connectivity index (χ0n) is 11.4. The quantitative estimate of drug-likeness (QED) is 0.555. The van der Waals surface area contributed by atoms with Crippen LogP contribution in [0.4, 0.5) is 0 Å². The number of amides is 1. The largest absolute Gasteiger partial charge is 0.352 e. The Bertz CT molecular complexity index is 464. The maximum absolute atomic E-state index is 12.0. The van der Waals surface area contributed by atoms with Crippen LogP contribution in [0.5, 0.6) is 0 Å².